The van der Waals surface area contributed by atoms with Crippen LogP contribution in [0.3, 0.4) is 0 Å². The molecule has 108 valence electrons. The minimum atomic E-state index is -1.52. The molecule has 0 aliphatic heterocycles. The summed E-state index contributed by atoms with van der Waals surface area (Å²) in [5.74, 6) is -3.69. The fourth-order valence-corrected chi connectivity index (χ4v) is 2.68. The van der Waals surface area contributed by atoms with Crippen LogP contribution in [0.25, 0.3) is 16.7 Å². The van der Waals surface area contributed by atoms with E-state index >= 15 is 0 Å². The van der Waals surface area contributed by atoms with Crippen molar-refractivity contribution in [1.29, 1.82) is 0 Å². The van der Waals surface area contributed by atoms with Crippen molar-refractivity contribution in [2.24, 2.45) is 0 Å². The lowest BCUT2D eigenvalue weighted by Crippen LogP contribution is -2.05. The number of fused-ring (bicyclic) bond motifs is 1. The summed E-state index contributed by atoms with van der Waals surface area (Å²) in [5.41, 5.74) is 0.997. The summed E-state index contributed by atoms with van der Waals surface area (Å²) in [4.78, 5) is 4.28. The zero-order valence-electron chi connectivity index (χ0n) is 10.4. The van der Waals surface area contributed by atoms with Crippen LogP contribution < -0.4 is 0 Å². The number of aromatic nitrogens is 2. The normalized spacial score (nSPS) is 11.3. The van der Waals surface area contributed by atoms with Crippen molar-refractivity contribution in [3.8, 4) is 5.69 Å². The molecule has 0 bridgehead atoms. The first-order valence-electron chi connectivity index (χ1n) is 5.89. The number of rotatable bonds is 2. The molecule has 3 rings (SSSR count). The quantitative estimate of drug-likeness (QED) is 0.458. The Balaban J connectivity index is 2.36. The Hall–Kier alpha value is -1.53. The molecule has 2 nitrogen and oxygen atoms in total. The minimum Gasteiger partial charge on any atom is -0.292 e. The summed E-state index contributed by atoms with van der Waals surface area (Å²) in [7, 11) is 0. The lowest BCUT2D eigenvalue weighted by atomic mass is 10.2. The first-order chi connectivity index (χ1) is 10.0. The third-order valence-electron chi connectivity index (χ3n) is 3.06. The van der Waals surface area contributed by atoms with Gasteiger partial charge in [0.1, 0.15) is 5.82 Å². The lowest BCUT2D eigenvalue weighted by Gasteiger charge is -2.10. The van der Waals surface area contributed by atoms with Crippen LogP contribution in [0, 0.1) is 17.5 Å². The molecule has 0 unspecified atom stereocenters. The lowest BCUT2D eigenvalue weighted by molar-refractivity contribution is 0.444. The predicted octanol–water partition coefficient (Wildman–Crippen LogP) is 4.94. The molecule has 0 N–H and O–H groups in total. The van der Waals surface area contributed by atoms with Crippen LogP contribution in [-0.4, -0.2) is 9.55 Å². The van der Waals surface area contributed by atoms with E-state index in [0.29, 0.717) is 16.9 Å². The van der Waals surface area contributed by atoms with Gasteiger partial charge in [0, 0.05) is 4.47 Å². The van der Waals surface area contributed by atoms with Gasteiger partial charge in [-0.25, -0.2) is 18.2 Å². The van der Waals surface area contributed by atoms with Gasteiger partial charge >= 0.3 is 0 Å². The van der Waals surface area contributed by atoms with Crippen molar-refractivity contribution in [2.75, 3.05) is 0 Å². The van der Waals surface area contributed by atoms with E-state index in [0.717, 1.165) is 16.6 Å². The molecule has 1 aromatic heterocycles. The van der Waals surface area contributed by atoms with Crippen molar-refractivity contribution in [1.82, 2.24) is 9.55 Å². The molecule has 0 fully saturated rings. The summed E-state index contributed by atoms with van der Waals surface area (Å²) < 4.78 is 42.7. The molecule has 0 atom stereocenters. The second-order valence-corrected chi connectivity index (χ2v) is 5.51. The van der Waals surface area contributed by atoms with Crippen molar-refractivity contribution >= 4 is 38.6 Å². The monoisotopic (exact) mass is 374 g/mol. The topological polar surface area (TPSA) is 17.8 Å². The van der Waals surface area contributed by atoms with E-state index in [1.54, 1.807) is 18.2 Å². The van der Waals surface area contributed by atoms with Crippen molar-refractivity contribution in [3.05, 3.63) is 58.1 Å². The molecule has 0 saturated heterocycles. The standard InChI is InChI=1S/C14H7BrClF3N2/c15-7-1-3-10-9(5-7)20-12(6-16)21(10)11-4-2-8(17)13(18)14(11)19/h1-5H,6H2. The number of hydrogen-bond donors (Lipinski definition) is 0. The number of halogens is 5. The van der Waals surface area contributed by atoms with E-state index in [-0.39, 0.29) is 11.6 Å². The van der Waals surface area contributed by atoms with Crippen molar-refractivity contribution < 1.29 is 13.2 Å². The second-order valence-electron chi connectivity index (χ2n) is 4.32. The zero-order valence-corrected chi connectivity index (χ0v) is 12.7. The van der Waals surface area contributed by atoms with Gasteiger partial charge in [-0.1, -0.05) is 15.9 Å². The summed E-state index contributed by atoms with van der Waals surface area (Å²) in [6, 6.07) is 7.21. The van der Waals surface area contributed by atoms with Crippen molar-refractivity contribution in [3.63, 3.8) is 0 Å². The van der Waals surface area contributed by atoms with Crippen LogP contribution in [-0.2, 0) is 5.88 Å². The van der Waals surface area contributed by atoms with Gasteiger partial charge in [-0.2, -0.15) is 0 Å². The van der Waals surface area contributed by atoms with E-state index in [2.05, 4.69) is 20.9 Å². The maximum Gasteiger partial charge on any atom is 0.196 e. The molecule has 0 spiro atoms. The van der Waals surface area contributed by atoms with Crippen LogP contribution in [0.2, 0.25) is 0 Å². The second kappa shape index (κ2) is 5.35. The Morgan fingerprint density at radius 1 is 1.10 bits per heavy atom. The molecule has 0 radical (unpaired) electrons. The van der Waals surface area contributed by atoms with Crippen LogP contribution in [0.15, 0.2) is 34.8 Å². The Kier molecular flexibility index (Phi) is 3.67. The first kappa shape index (κ1) is 14.4. The minimum absolute atomic E-state index is 0.00470. The molecule has 2 aromatic carbocycles. The van der Waals surface area contributed by atoms with Crippen LogP contribution >= 0.6 is 27.5 Å². The van der Waals surface area contributed by atoms with Crippen LogP contribution in [0.1, 0.15) is 5.82 Å². The van der Waals surface area contributed by atoms with Crippen molar-refractivity contribution in [2.45, 2.75) is 5.88 Å². The molecule has 0 saturated carbocycles. The van der Waals surface area contributed by atoms with Gasteiger partial charge in [-0.15, -0.1) is 11.6 Å². The van der Waals surface area contributed by atoms with Gasteiger partial charge in [0.15, 0.2) is 17.5 Å². The maximum atomic E-state index is 14.0. The SMILES string of the molecule is Fc1ccc(-n2c(CCl)nc3cc(Br)ccc32)c(F)c1F. The third-order valence-corrected chi connectivity index (χ3v) is 3.79. The predicted molar refractivity (Wildman–Crippen MR) is 78.2 cm³/mol. The van der Waals surface area contributed by atoms with Gasteiger partial charge in [-0.05, 0) is 30.3 Å². The highest BCUT2D eigenvalue weighted by molar-refractivity contribution is 9.10. The highest BCUT2D eigenvalue weighted by Gasteiger charge is 2.19. The zero-order chi connectivity index (χ0) is 15.1. The summed E-state index contributed by atoms with van der Waals surface area (Å²) in [5, 5.41) is 0. The van der Waals surface area contributed by atoms with Gasteiger partial charge in [0.05, 0.1) is 22.6 Å². The van der Waals surface area contributed by atoms with Gasteiger partial charge in [-0.3, -0.25) is 4.57 Å². The molecule has 21 heavy (non-hydrogen) atoms. The van der Waals surface area contributed by atoms with Crippen LogP contribution in [0.4, 0.5) is 13.2 Å². The van der Waals surface area contributed by atoms with E-state index in [1.165, 1.54) is 4.57 Å². The molecular formula is C14H7BrClF3N2. The van der Waals surface area contributed by atoms with E-state index in [1.807, 2.05) is 0 Å². The molecule has 1 heterocycles. The molecule has 3 aromatic rings. The molecule has 0 aliphatic carbocycles. The number of nitrogens with zero attached hydrogens (tertiary/aromatic N) is 2. The summed E-state index contributed by atoms with van der Waals surface area (Å²) in [6.07, 6.45) is 0. The summed E-state index contributed by atoms with van der Waals surface area (Å²) >= 11 is 9.15. The number of hydrogen-bond acceptors (Lipinski definition) is 1. The number of benzene rings is 2. The molecular weight excluding hydrogens is 369 g/mol. The fourth-order valence-electron chi connectivity index (χ4n) is 2.15. The Bertz CT molecular complexity index is 848. The molecule has 7 heteroatoms. The summed E-state index contributed by atoms with van der Waals surface area (Å²) in [6.45, 7) is 0. The average Bonchev–Trinajstić information content (AvgIpc) is 2.82. The fraction of sp³-hybridized carbons (Fsp3) is 0.0714. The van der Waals surface area contributed by atoms with E-state index in [4.69, 9.17) is 11.6 Å². The van der Waals surface area contributed by atoms with Gasteiger partial charge in [0.2, 0.25) is 0 Å². The Morgan fingerprint density at radius 3 is 2.57 bits per heavy atom. The average molecular weight is 376 g/mol. The highest BCUT2D eigenvalue weighted by atomic mass is 79.9. The third kappa shape index (κ3) is 2.32. The first-order valence-corrected chi connectivity index (χ1v) is 7.22. The Labute approximate surface area is 131 Å². The smallest absolute Gasteiger partial charge is 0.196 e. The largest absolute Gasteiger partial charge is 0.292 e. The van der Waals surface area contributed by atoms with Crippen LogP contribution in [0.5, 0.6) is 0 Å². The number of imidazole rings is 1. The van der Waals surface area contributed by atoms with E-state index < -0.39 is 17.5 Å². The number of alkyl halides is 1. The molecule has 0 aliphatic rings. The maximum absolute atomic E-state index is 14.0. The highest BCUT2D eigenvalue weighted by Crippen LogP contribution is 2.28. The van der Waals surface area contributed by atoms with Gasteiger partial charge in [0.25, 0.3) is 0 Å². The molecule has 0 amide bonds. The van der Waals surface area contributed by atoms with E-state index in [9.17, 15) is 13.2 Å². The Morgan fingerprint density at radius 2 is 1.86 bits per heavy atom. The van der Waals surface area contributed by atoms with Gasteiger partial charge < -0.3 is 0 Å².